The predicted octanol–water partition coefficient (Wildman–Crippen LogP) is 2.85. The van der Waals surface area contributed by atoms with E-state index in [2.05, 4.69) is 28.5 Å². The van der Waals surface area contributed by atoms with E-state index in [-0.39, 0.29) is 12.0 Å². The molecule has 1 aliphatic rings. The summed E-state index contributed by atoms with van der Waals surface area (Å²) in [5.41, 5.74) is 1.20. The minimum atomic E-state index is 0.0861. The average molecular weight is 287 g/mol. The molecule has 0 radical (unpaired) electrons. The van der Waals surface area contributed by atoms with Crippen LogP contribution in [0.5, 0.6) is 5.75 Å². The number of nitrogens with zero attached hydrogens (tertiary/aromatic N) is 2. The van der Waals surface area contributed by atoms with E-state index in [0.29, 0.717) is 18.4 Å². The highest BCUT2D eigenvalue weighted by molar-refractivity contribution is 5.36. The molecule has 0 bridgehead atoms. The van der Waals surface area contributed by atoms with E-state index in [1.807, 2.05) is 25.1 Å². The fourth-order valence-electron chi connectivity index (χ4n) is 2.52. The van der Waals surface area contributed by atoms with Crippen molar-refractivity contribution in [1.82, 2.24) is 15.5 Å². The first-order valence-corrected chi connectivity index (χ1v) is 7.55. The summed E-state index contributed by atoms with van der Waals surface area (Å²) in [6.45, 7) is 5.71. The number of nitrogens with one attached hydrogen (secondary N) is 1. The van der Waals surface area contributed by atoms with Crippen molar-refractivity contribution >= 4 is 0 Å². The molecule has 0 saturated heterocycles. The van der Waals surface area contributed by atoms with Crippen LogP contribution >= 0.6 is 0 Å². The third-order valence-electron chi connectivity index (χ3n) is 3.76. The fraction of sp³-hybridized carbons (Fsp3) is 0.500. The van der Waals surface area contributed by atoms with E-state index >= 15 is 0 Å². The van der Waals surface area contributed by atoms with Crippen LogP contribution in [0.3, 0.4) is 0 Å². The smallest absolute Gasteiger partial charge is 0.233 e. The molecule has 0 aliphatic carbocycles. The third kappa shape index (κ3) is 3.08. The Balaban J connectivity index is 1.70. The molecular weight excluding hydrogens is 266 g/mol. The summed E-state index contributed by atoms with van der Waals surface area (Å²) in [6, 6.07) is 8.19. The molecule has 0 spiro atoms. The van der Waals surface area contributed by atoms with Gasteiger partial charge in [0.05, 0.1) is 12.0 Å². The van der Waals surface area contributed by atoms with Crippen molar-refractivity contribution in [2.45, 2.75) is 38.6 Å². The SMILES string of the molecule is CCCNC(C)c1nnc(C2COc3ccccc3C2)o1. The van der Waals surface area contributed by atoms with Crippen molar-refractivity contribution in [3.63, 3.8) is 0 Å². The summed E-state index contributed by atoms with van der Waals surface area (Å²) < 4.78 is 11.6. The molecule has 21 heavy (non-hydrogen) atoms. The second-order valence-corrected chi connectivity index (χ2v) is 5.47. The van der Waals surface area contributed by atoms with E-state index in [1.165, 1.54) is 5.56 Å². The molecule has 1 aromatic heterocycles. The first-order chi connectivity index (χ1) is 10.3. The van der Waals surface area contributed by atoms with Gasteiger partial charge in [-0.15, -0.1) is 10.2 Å². The molecule has 0 amide bonds. The van der Waals surface area contributed by atoms with Crippen LogP contribution in [0.4, 0.5) is 0 Å². The van der Waals surface area contributed by atoms with Crippen molar-refractivity contribution < 1.29 is 9.15 Å². The topological polar surface area (TPSA) is 60.2 Å². The van der Waals surface area contributed by atoms with Crippen LogP contribution in [-0.4, -0.2) is 23.3 Å². The van der Waals surface area contributed by atoms with Crippen LogP contribution in [0.15, 0.2) is 28.7 Å². The Hall–Kier alpha value is -1.88. The van der Waals surface area contributed by atoms with Gasteiger partial charge in [0.2, 0.25) is 11.8 Å². The molecule has 0 fully saturated rings. The zero-order valence-electron chi connectivity index (χ0n) is 12.5. The Labute approximate surface area is 124 Å². The lowest BCUT2D eigenvalue weighted by Crippen LogP contribution is -2.20. The zero-order valence-corrected chi connectivity index (χ0v) is 12.5. The van der Waals surface area contributed by atoms with E-state index < -0.39 is 0 Å². The maximum Gasteiger partial charge on any atom is 0.233 e. The fourth-order valence-corrected chi connectivity index (χ4v) is 2.52. The summed E-state index contributed by atoms with van der Waals surface area (Å²) in [4.78, 5) is 0. The monoisotopic (exact) mass is 287 g/mol. The molecule has 2 atom stereocenters. The van der Waals surface area contributed by atoms with Crippen LogP contribution in [0, 0.1) is 0 Å². The van der Waals surface area contributed by atoms with Crippen molar-refractivity contribution in [3.05, 3.63) is 41.6 Å². The number of rotatable bonds is 5. The van der Waals surface area contributed by atoms with Gasteiger partial charge in [-0.3, -0.25) is 0 Å². The molecule has 1 aliphatic heterocycles. The van der Waals surface area contributed by atoms with Gasteiger partial charge in [-0.05, 0) is 37.9 Å². The summed E-state index contributed by atoms with van der Waals surface area (Å²) >= 11 is 0. The highest BCUT2D eigenvalue weighted by Gasteiger charge is 2.26. The molecule has 5 heteroatoms. The Bertz CT molecular complexity index is 597. The van der Waals surface area contributed by atoms with Crippen molar-refractivity contribution in [3.8, 4) is 5.75 Å². The Morgan fingerprint density at radius 1 is 1.33 bits per heavy atom. The van der Waals surface area contributed by atoms with Gasteiger partial charge >= 0.3 is 0 Å². The molecule has 112 valence electrons. The second-order valence-electron chi connectivity index (χ2n) is 5.47. The van der Waals surface area contributed by atoms with Gasteiger partial charge in [0.25, 0.3) is 0 Å². The Morgan fingerprint density at radius 3 is 3.05 bits per heavy atom. The third-order valence-corrected chi connectivity index (χ3v) is 3.76. The second kappa shape index (κ2) is 6.26. The van der Waals surface area contributed by atoms with Gasteiger partial charge in [0.1, 0.15) is 12.4 Å². The lowest BCUT2D eigenvalue weighted by Gasteiger charge is -2.22. The summed E-state index contributed by atoms with van der Waals surface area (Å²) in [7, 11) is 0. The number of hydrogen-bond donors (Lipinski definition) is 1. The highest BCUT2D eigenvalue weighted by Crippen LogP contribution is 2.31. The van der Waals surface area contributed by atoms with Crippen molar-refractivity contribution in [2.75, 3.05) is 13.2 Å². The summed E-state index contributed by atoms with van der Waals surface area (Å²) in [6.07, 6.45) is 1.97. The van der Waals surface area contributed by atoms with Crippen LogP contribution in [0.2, 0.25) is 0 Å². The number of para-hydroxylation sites is 1. The van der Waals surface area contributed by atoms with Crippen LogP contribution < -0.4 is 10.1 Å². The van der Waals surface area contributed by atoms with E-state index in [9.17, 15) is 0 Å². The van der Waals surface area contributed by atoms with Crippen molar-refractivity contribution in [1.29, 1.82) is 0 Å². The maximum absolute atomic E-state index is 5.83. The number of aromatic nitrogens is 2. The van der Waals surface area contributed by atoms with Gasteiger partial charge in [-0.1, -0.05) is 25.1 Å². The largest absolute Gasteiger partial charge is 0.492 e. The molecule has 2 heterocycles. The zero-order chi connectivity index (χ0) is 14.7. The summed E-state index contributed by atoms with van der Waals surface area (Å²) in [5.74, 6) is 2.42. The molecule has 2 unspecified atom stereocenters. The number of ether oxygens (including phenoxy) is 1. The van der Waals surface area contributed by atoms with Crippen LogP contribution in [-0.2, 0) is 6.42 Å². The summed E-state index contributed by atoms with van der Waals surface area (Å²) in [5, 5.41) is 11.7. The van der Waals surface area contributed by atoms with Gasteiger partial charge in [0, 0.05) is 0 Å². The average Bonchev–Trinajstić information content (AvgIpc) is 3.02. The molecule has 0 saturated carbocycles. The highest BCUT2D eigenvalue weighted by atomic mass is 16.5. The normalized spacial score (nSPS) is 18.9. The van der Waals surface area contributed by atoms with Crippen molar-refractivity contribution in [2.24, 2.45) is 0 Å². The van der Waals surface area contributed by atoms with E-state index in [4.69, 9.17) is 9.15 Å². The van der Waals surface area contributed by atoms with Crippen LogP contribution in [0.25, 0.3) is 0 Å². The Morgan fingerprint density at radius 2 is 2.19 bits per heavy atom. The van der Waals surface area contributed by atoms with Gasteiger partial charge in [-0.2, -0.15) is 0 Å². The standard InChI is InChI=1S/C16H21N3O2/c1-3-8-17-11(2)15-18-19-16(21-15)13-9-12-6-4-5-7-14(12)20-10-13/h4-7,11,13,17H,3,8-10H2,1-2H3. The molecule has 1 aromatic carbocycles. The predicted molar refractivity (Wildman–Crippen MR) is 79.4 cm³/mol. The number of benzene rings is 1. The quantitative estimate of drug-likeness (QED) is 0.916. The van der Waals surface area contributed by atoms with Gasteiger partial charge < -0.3 is 14.5 Å². The number of hydrogen-bond acceptors (Lipinski definition) is 5. The molecule has 2 aromatic rings. The maximum atomic E-state index is 5.83. The molecule has 3 rings (SSSR count). The minimum absolute atomic E-state index is 0.0861. The lowest BCUT2D eigenvalue weighted by atomic mass is 9.97. The Kier molecular flexibility index (Phi) is 4.20. The first kappa shape index (κ1) is 14.1. The lowest BCUT2D eigenvalue weighted by molar-refractivity contribution is 0.237. The first-order valence-electron chi connectivity index (χ1n) is 7.55. The number of fused-ring (bicyclic) bond motifs is 1. The van der Waals surface area contributed by atoms with Gasteiger partial charge in [-0.25, -0.2) is 0 Å². The molecular formula is C16H21N3O2. The molecule has 1 N–H and O–H groups in total. The van der Waals surface area contributed by atoms with Crippen LogP contribution in [0.1, 0.15) is 49.6 Å². The van der Waals surface area contributed by atoms with E-state index in [1.54, 1.807) is 0 Å². The molecule has 5 nitrogen and oxygen atoms in total. The minimum Gasteiger partial charge on any atom is -0.492 e. The van der Waals surface area contributed by atoms with E-state index in [0.717, 1.165) is 25.1 Å². The van der Waals surface area contributed by atoms with Gasteiger partial charge in [0.15, 0.2) is 0 Å².